The van der Waals surface area contributed by atoms with E-state index in [0.29, 0.717) is 4.83 Å². The number of alkyl halides is 1. The minimum absolute atomic E-state index is 0.640. The van der Waals surface area contributed by atoms with Crippen LogP contribution in [0.3, 0.4) is 0 Å². The Bertz CT molecular complexity index is 263. The van der Waals surface area contributed by atoms with Crippen molar-refractivity contribution in [1.82, 2.24) is 4.98 Å². The molecule has 2 nitrogen and oxygen atoms in total. The van der Waals surface area contributed by atoms with E-state index >= 15 is 0 Å². The molecule has 1 unspecified atom stereocenters. The summed E-state index contributed by atoms with van der Waals surface area (Å²) >= 11 is 3.66. The lowest BCUT2D eigenvalue weighted by molar-refractivity contribution is 0.595. The molecule has 13 heavy (non-hydrogen) atoms. The van der Waals surface area contributed by atoms with E-state index in [2.05, 4.69) is 31.9 Å². The zero-order valence-electron chi connectivity index (χ0n) is 7.49. The maximum Gasteiger partial charge on any atom is 0.0553 e. The average Bonchev–Trinajstić information content (AvgIpc) is 2.19. The van der Waals surface area contributed by atoms with Gasteiger partial charge in [-0.15, -0.1) is 0 Å². The zero-order chi connectivity index (χ0) is 9.10. The van der Waals surface area contributed by atoms with E-state index in [9.17, 15) is 0 Å². The van der Waals surface area contributed by atoms with Crippen LogP contribution < -0.4 is 4.90 Å². The molecule has 1 saturated heterocycles. The Morgan fingerprint density at radius 3 is 3.15 bits per heavy atom. The fraction of sp³-hybridized carbons (Fsp3) is 0.500. The molecule has 1 fully saturated rings. The Kier molecular flexibility index (Phi) is 2.83. The largest absolute Gasteiger partial charge is 0.369 e. The number of halogens is 1. The van der Waals surface area contributed by atoms with Gasteiger partial charge in [0.1, 0.15) is 0 Å². The van der Waals surface area contributed by atoms with Crippen LogP contribution in [0.15, 0.2) is 24.5 Å². The second-order valence-electron chi connectivity index (χ2n) is 3.40. The number of pyridine rings is 1. The first-order valence-corrected chi connectivity index (χ1v) is 5.57. The quantitative estimate of drug-likeness (QED) is 0.702. The Morgan fingerprint density at radius 2 is 2.46 bits per heavy atom. The van der Waals surface area contributed by atoms with Crippen LogP contribution in [0, 0.1) is 0 Å². The van der Waals surface area contributed by atoms with E-state index in [1.54, 1.807) is 0 Å². The van der Waals surface area contributed by atoms with Crippen LogP contribution >= 0.6 is 15.9 Å². The molecule has 0 aliphatic carbocycles. The van der Waals surface area contributed by atoms with Gasteiger partial charge in [-0.05, 0) is 25.0 Å². The number of anilines is 1. The van der Waals surface area contributed by atoms with Crippen LogP contribution in [0.25, 0.3) is 0 Å². The van der Waals surface area contributed by atoms with Gasteiger partial charge in [-0.2, -0.15) is 0 Å². The molecule has 1 aromatic heterocycles. The average molecular weight is 241 g/mol. The fourth-order valence-electron chi connectivity index (χ4n) is 1.70. The van der Waals surface area contributed by atoms with Gasteiger partial charge < -0.3 is 4.90 Å². The van der Waals surface area contributed by atoms with Crippen molar-refractivity contribution in [2.75, 3.05) is 18.0 Å². The Hall–Kier alpha value is -0.570. The fourth-order valence-corrected chi connectivity index (χ4v) is 2.37. The summed E-state index contributed by atoms with van der Waals surface area (Å²) < 4.78 is 0. The summed E-state index contributed by atoms with van der Waals surface area (Å²) in [4.78, 5) is 7.15. The van der Waals surface area contributed by atoms with Crippen molar-refractivity contribution in [2.45, 2.75) is 17.7 Å². The molecule has 0 saturated carbocycles. The molecule has 2 rings (SSSR count). The Morgan fingerprint density at radius 1 is 1.54 bits per heavy atom. The van der Waals surface area contributed by atoms with Crippen LogP contribution in [0.2, 0.25) is 0 Å². The Balaban J connectivity index is 2.08. The molecule has 0 spiro atoms. The maximum atomic E-state index is 4.13. The molecule has 3 heteroatoms. The van der Waals surface area contributed by atoms with E-state index < -0.39 is 0 Å². The molecule has 0 amide bonds. The highest BCUT2D eigenvalue weighted by molar-refractivity contribution is 9.09. The predicted octanol–water partition coefficient (Wildman–Crippen LogP) is 2.45. The van der Waals surface area contributed by atoms with Gasteiger partial charge in [-0.25, -0.2) is 0 Å². The summed E-state index contributed by atoms with van der Waals surface area (Å²) in [5.74, 6) is 0. The minimum atomic E-state index is 0.640. The first-order valence-electron chi connectivity index (χ1n) is 4.65. The SMILES string of the molecule is BrC1CCCN(c2cccnc2)C1. The van der Waals surface area contributed by atoms with Gasteiger partial charge in [-0.1, -0.05) is 15.9 Å². The Labute approximate surface area is 87.1 Å². The van der Waals surface area contributed by atoms with E-state index in [-0.39, 0.29) is 0 Å². The molecule has 1 aliphatic rings. The predicted molar refractivity (Wildman–Crippen MR) is 58.4 cm³/mol. The van der Waals surface area contributed by atoms with Crippen molar-refractivity contribution in [3.8, 4) is 0 Å². The molecule has 0 aromatic carbocycles. The lowest BCUT2D eigenvalue weighted by Gasteiger charge is -2.31. The van der Waals surface area contributed by atoms with Crippen LogP contribution in [0.4, 0.5) is 5.69 Å². The van der Waals surface area contributed by atoms with Gasteiger partial charge in [0, 0.05) is 24.1 Å². The third-order valence-electron chi connectivity index (χ3n) is 2.37. The van der Waals surface area contributed by atoms with Crippen molar-refractivity contribution in [2.24, 2.45) is 0 Å². The first kappa shape index (κ1) is 9.00. The normalized spacial score (nSPS) is 23.2. The molecular weight excluding hydrogens is 228 g/mol. The van der Waals surface area contributed by atoms with Gasteiger partial charge in [-0.3, -0.25) is 4.98 Å². The molecule has 0 bridgehead atoms. The van der Waals surface area contributed by atoms with Crippen molar-refractivity contribution in [3.63, 3.8) is 0 Å². The van der Waals surface area contributed by atoms with Crippen LogP contribution in [0.5, 0.6) is 0 Å². The van der Waals surface area contributed by atoms with Gasteiger partial charge in [0.25, 0.3) is 0 Å². The second kappa shape index (κ2) is 4.09. The number of hydrogen-bond acceptors (Lipinski definition) is 2. The van der Waals surface area contributed by atoms with Crippen LogP contribution in [-0.4, -0.2) is 22.9 Å². The third-order valence-corrected chi connectivity index (χ3v) is 3.12. The standard InChI is InChI=1S/C10H13BrN2/c11-9-3-2-6-13(8-9)10-4-1-5-12-7-10/h1,4-5,7,9H,2-3,6,8H2. The molecule has 2 heterocycles. The summed E-state index contributed by atoms with van der Waals surface area (Å²) in [6, 6.07) is 4.12. The monoisotopic (exact) mass is 240 g/mol. The van der Waals surface area contributed by atoms with Crippen molar-refractivity contribution in [1.29, 1.82) is 0 Å². The lowest BCUT2D eigenvalue weighted by atomic mass is 10.1. The number of piperidine rings is 1. The van der Waals surface area contributed by atoms with E-state index in [0.717, 1.165) is 13.1 Å². The molecule has 0 N–H and O–H groups in total. The molecule has 1 aliphatic heterocycles. The molecule has 0 radical (unpaired) electrons. The van der Waals surface area contributed by atoms with E-state index in [1.807, 2.05) is 18.5 Å². The van der Waals surface area contributed by atoms with Crippen molar-refractivity contribution >= 4 is 21.6 Å². The lowest BCUT2D eigenvalue weighted by Crippen LogP contribution is -2.35. The third kappa shape index (κ3) is 2.21. The van der Waals surface area contributed by atoms with Gasteiger partial charge in [0.15, 0.2) is 0 Å². The highest BCUT2D eigenvalue weighted by Gasteiger charge is 2.17. The smallest absolute Gasteiger partial charge is 0.0553 e. The minimum Gasteiger partial charge on any atom is -0.369 e. The number of nitrogens with zero attached hydrogens (tertiary/aromatic N) is 2. The summed E-state index contributed by atoms with van der Waals surface area (Å²) in [7, 11) is 0. The summed E-state index contributed by atoms with van der Waals surface area (Å²) in [5, 5.41) is 0. The maximum absolute atomic E-state index is 4.13. The van der Waals surface area contributed by atoms with Gasteiger partial charge in [0.05, 0.1) is 11.9 Å². The van der Waals surface area contributed by atoms with E-state index in [1.165, 1.54) is 18.5 Å². The first-order chi connectivity index (χ1) is 6.36. The highest BCUT2D eigenvalue weighted by atomic mass is 79.9. The molecule has 1 atom stereocenters. The number of rotatable bonds is 1. The number of aromatic nitrogens is 1. The zero-order valence-corrected chi connectivity index (χ0v) is 9.07. The molecular formula is C10H13BrN2. The summed E-state index contributed by atoms with van der Waals surface area (Å²) in [6.07, 6.45) is 6.31. The number of hydrogen-bond donors (Lipinski definition) is 0. The van der Waals surface area contributed by atoms with Crippen molar-refractivity contribution < 1.29 is 0 Å². The second-order valence-corrected chi connectivity index (χ2v) is 4.69. The van der Waals surface area contributed by atoms with E-state index in [4.69, 9.17) is 0 Å². The summed E-state index contributed by atoms with van der Waals surface area (Å²) in [6.45, 7) is 2.26. The summed E-state index contributed by atoms with van der Waals surface area (Å²) in [5.41, 5.74) is 1.24. The molecule has 70 valence electrons. The van der Waals surface area contributed by atoms with Crippen LogP contribution in [-0.2, 0) is 0 Å². The van der Waals surface area contributed by atoms with Crippen LogP contribution in [0.1, 0.15) is 12.8 Å². The molecule has 1 aromatic rings. The van der Waals surface area contributed by atoms with Gasteiger partial charge in [0.2, 0.25) is 0 Å². The topological polar surface area (TPSA) is 16.1 Å². The van der Waals surface area contributed by atoms with Crippen molar-refractivity contribution in [3.05, 3.63) is 24.5 Å². The highest BCUT2D eigenvalue weighted by Crippen LogP contribution is 2.21. The van der Waals surface area contributed by atoms with Gasteiger partial charge >= 0.3 is 0 Å².